The quantitative estimate of drug-likeness (QED) is 0.817. The molecule has 1 aromatic heterocycles. The number of methoxy groups -OCH3 is 1. The van der Waals surface area contributed by atoms with Crippen LogP contribution < -0.4 is 20.5 Å². The number of aromatic nitrogens is 1. The monoisotopic (exact) mass is 315 g/mol. The molecule has 1 aromatic carbocycles. The average Bonchev–Trinajstić information content (AvgIpc) is 2.60. The molecule has 2 rings (SSSR count). The van der Waals surface area contributed by atoms with Crippen molar-refractivity contribution in [3.8, 4) is 17.4 Å². The van der Waals surface area contributed by atoms with Gasteiger partial charge in [-0.1, -0.05) is 25.1 Å². The van der Waals surface area contributed by atoms with Crippen LogP contribution in [0.15, 0.2) is 42.6 Å². The summed E-state index contributed by atoms with van der Waals surface area (Å²) in [6, 6.07) is 11.0. The highest BCUT2D eigenvalue weighted by atomic mass is 16.5. The van der Waals surface area contributed by atoms with Gasteiger partial charge in [-0.15, -0.1) is 0 Å². The van der Waals surface area contributed by atoms with Crippen molar-refractivity contribution >= 4 is 5.91 Å². The molecule has 23 heavy (non-hydrogen) atoms. The molecule has 3 N–H and O–H groups in total. The van der Waals surface area contributed by atoms with Gasteiger partial charge >= 0.3 is 0 Å². The summed E-state index contributed by atoms with van der Waals surface area (Å²) in [6.07, 6.45) is 1.64. The van der Waals surface area contributed by atoms with Crippen molar-refractivity contribution in [2.75, 3.05) is 13.7 Å². The largest absolute Gasteiger partial charge is 0.493 e. The maximum Gasteiger partial charge on any atom is 0.224 e. The third kappa shape index (κ3) is 4.43. The first-order chi connectivity index (χ1) is 11.2. The van der Waals surface area contributed by atoms with Gasteiger partial charge in [0.15, 0.2) is 11.5 Å². The molecule has 6 heteroatoms. The van der Waals surface area contributed by atoms with Crippen molar-refractivity contribution in [1.29, 1.82) is 0 Å². The minimum Gasteiger partial charge on any atom is -0.493 e. The van der Waals surface area contributed by atoms with Crippen LogP contribution in [0.1, 0.15) is 12.5 Å². The van der Waals surface area contributed by atoms with E-state index in [9.17, 15) is 4.79 Å². The van der Waals surface area contributed by atoms with E-state index < -0.39 is 0 Å². The van der Waals surface area contributed by atoms with Crippen LogP contribution >= 0.6 is 0 Å². The summed E-state index contributed by atoms with van der Waals surface area (Å²) in [7, 11) is 1.58. The summed E-state index contributed by atoms with van der Waals surface area (Å²) < 4.78 is 11.1. The van der Waals surface area contributed by atoms with Crippen LogP contribution in [-0.2, 0) is 11.3 Å². The first kappa shape index (κ1) is 16.8. The number of nitrogens with one attached hydrogen (secondary N) is 1. The van der Waals surface area contributed by atoms with Crippen molar-refractivity contribution in [2.24, 2.45) is 11.7 Å². The normalized spacial score (nSPS) is 11.6. The highest BCUT2D eigenvalue weighted by molar-refractivity contribution is 5.78. The van der Waals surface area contributed by atoms with E-state index in [0.717, 1.165) is 5.56 Å². The van der Waals surface area contributed by atoms with Gasteiger partial charge in [0, 0.05) is 30.8 Å². The molecular weight excluding hydrogens is 294 g/mol. The molecular formula is C17H21N3O3. The zero-order valence-electron chi connectivity index (χ0n) is 13.3. The number of carbonyl (C=O) groups excluding carboxylic acids is 1. The zero-order valence-corrected chi connectivity index (χ0v) is 13.3. The molecule has 0 bridgehead atoms. The number of rotatable bonds is 7. The third-order valence-electron chi connectivity index (χ3n) is 3.38. The summed E-state index contributed by atoms with van der Waals surface area (Å²) in [5, 5.41) is 2.83. The third-order valence-corrected chi connectivity index (χ3v) is 3.38. The Balaban J connectivity index is 2.13. The summed E-state index contributed by atoms with van der Waals surface area (Å²) in [5.74, 6) is 1.28. The smallest absolute Gasteiger partial charge is 0.224 e. The van der Waals surface area contributed by atoms with Crippen LogP contribution in [0.3, 0.4) is 0 Å². The number of nitrogens with two attached hydrogens (primary N) is 1. The number of hydrogen-bond donors (Lipinski definition) is 2. The predicted octanol–water partition coefficient (Wildman–Crippen LogP) is 2.09. The standard InChI is InChI=1S/C17H21N3O3/c1-12(10-18)16(21)20-11-13-6-5-9-19-17(13)23-15-8-4-3-7-14(15)22-2/h3-9,12H,10-11,18H2,1-2H3,(H,20,21). The molecule has 0 aliphatic carbocycles. The Bertz CT molecular complexity index is 661. The van der Waals surface area contributed by atoms with Crippen molar-refractivity contribution in [3.05, 3.63) is 48.2 Å². The summed E-state index contributed by atoms with van der Waals surface area (Å²) in [6.45, 7) is 2.41. The van der Waals surface area contributed by atoms with E-state index in [0.29, 0.717) is 30.5 Å². The molecule has 0 saturated carbocycles. The number of hydrogen-bond acceptors (Lipinski definition) is 5. The van der Waals surface area contributed by atoms with Crippen molar-refractivity contribution < 1.29 is 14.3 Å². The Labute approximate surface area is 135 Å². The van der Waals surface area contributed by atoms with Crippen LogP contribution in [-0.4, -0.2) is 24.5 Å². The molecule has 1 atom stereocenters. The second kappa shape index (κ2) is 8.14. The molecule has 1 heterocycles. The first-order valence-corrected chi connectivity index (χ1v) is 7.38. The highest BCUT2D eigenvalue weighted by Crippen LogP contribution is 2.31. The highest BCUT2D eigenvalue weighted by Gasteiger charge is 2.13. The molecule has 0 spiro atoms. The second-order valence-electron chi connectivity index (χ2n) is 5.08. The van der Waals surface area contributed by atoms with Crippen LogP contribution in [0.5, 0.6) is 17.4 Å². The summed E-state index contributed by atoms with van der Waals surface area (Å²) in [4.78, 5) is 16.1. The minimum absolute atomic E-state index is 0.0976. The minimum atomic E-state index is -0.231. The van der Waals surface area contributed by atoms with Crippen LogP contribution in [0.4, 0.5) is 0 Å². The molecule has 122 valence electrons. The van der Waals surface area contributed by atoms with E-state index in [4.69, 9.17) is 15.2 Å². The van der Waals surface area contributed by atoms with Gasteiger partial charge in [0.1, 0.15) is 0 Å². The summed E-state index contributed by atoms with van der Waals surface area (Å²) in [5.41, 5.74) is 6.27. The van der Waals surface area contributed by atoms with E-state index in [2.05, 4.69) is 10.3 Å². The lowest BCUT2D eigenvalue weighted by Gasteiger charge is -2.14. The molecule has 0 saturated heterocycles. The van der Waals surface area contributed by atoms with Gasteiger partial charge < -0.3 is 20.5 Å². The fraction of sp³-hybridized carbons (Fsp3) is 0.294. The topological polar surface area (TPSA) is 86.5 Å². The SMILES string of the molecule is COc1ccccc1Oc1ncccc1CNC(=O)C(C)CN. The number of benzene rings is 1. The van der Waals surface area contributed by atoms with Gasteiger partial charge in [-0.05, 0) is 18.2 Å². The maximum absolute atomic E-state index is 11.8. The molecule has 2 aromatic rings. The maximum atomic E-state index is 11.8. The molecule has 1 amide bonds. The lowest BCUT2D eigenvalue weighted by atomic mass is 10.1. The first-order valence-electron chi connectivity index (χ1n) is 7.38. The van der Waals surface area contributed by atoms with Gasteiger partial charge in [-0.25, -0.2) is 4.98 Å². The number of amides is 1. The molecule has 0 radical (unpaired) electrons. The predicted molar refractivity (Wildman–Crippen MR) is 87.4 cm³/mol. The number of ether oxygens (including phenoxy) is 2. The number of nitrogens with zero attached hydrogens (tertiary/aromatic N) is 1. The van der Waals surface area contributed by atoms with Gasteiger partial charge in [0.05, 0.1) is 7.11 Å². The number of pyridine rings is 1. The molecule has 6 nitrogen and oxygen atoms in total. The Morgan fingerprint density at radius 3 is 2.70 bits per heavy atom. The fourth-order valence-corrected chi connectivity index (χ4v) is 1.92. The number of para-hydroxylation sites is 2. The van der Waals surface area contributed by atoms with Gasteiger partial charge in [0.2, 0.25) is 11.8 Å². The number of carbonyl (C=O) groups is 1. The zero-order chi connectivity index (χ0) is 16.7. The van der Waals surface area contributed by atoms with Crippen molar-refractivity contribution in [1.82, 2.24) is 10.3 Å². The second-order valence-corrected chi connectivity index (χ2v) is 5.08. The van der Waals surface area contributed by atoms with Gasteiger partial charge in [-0.3, -0.25) is 4.79 Å². The van der Waals surface area contributed by atoms with E-state index in [1.165, 1.54) is 0 Å². The summed E-state index contributed by atoms with van der Waals surface area (Å²) >= 11 is 0. The molecule has 0 aliphatic heterocycles. The molecule has 1 unspecified atom stereocenters. The van der Waals surface area contributed by atoms with Crippen LogP contribution in [0, 0.1) is 5.92 Å². The molecule has 0 aliphatic rings. The Hall–Kier alpha value is -2.60. The van der Waals surface area contributed by atoms with Crippen LogP contribution in [0.25, 0.3) is 0 Å². The van der Waals surface area contributed by atoms with E-state index in [1.54, 1.807) is 32.4 Å². The van der Waals surface area contributed by atoms with Crippen molar-refractivity contribution in [2.45, 2.75) is 13.5 Å². The van der Waals surface area contributed by atoms with E-state index in [1.807, 2.05) is 24.3 Å². The lowest BCUT2D eigenvalue weighted by molar-refractivity contribution is -0.124. The Kier molecular flexibility index (Phi) is 5.94. The van der Waals surface area contributed by atoms with Crippen LogP contribution in [0.2, 0.25) is 0 Å². The van der Waals surface area contributed by atoms with Crippen molar-refractivity contribution in [3.63, 3.8) is 0 Å². The Morgan fingerprint density at radius 2 is 2.00 bits per heavy atom. The fourth-order valence-electron chi connectivity index (χ4n) is 1.92. The lowest BCUT2D eigenvalue weighted by Crippen LogP contribution is -2.32. The van der Waals surface area contributed by atoms with Gasteiger partial charge in [-0.2, -0.15) is 0 Å². The van der Waals surface area contributed by atoms with Gasteiger partial charge in [0.25, 0.3) is 0 Å². The molecule has 0 fully saturated rings. The van der Waals surface area contributed by atoms with E-state index >= 15 is 0 Å². The Morgan fingerprint density at radius 1 is 1.26 bits per heavy atom. The average molecular weight is 315 g/mol. The van der Waals surface area contributed by atoms with E-state index in [-0.39, 0.29) is 11.8 Å².